The molecule has 26 heavy (non-hydrogen) atoms. The number of amides is 2. The molecule has 1 saturated heterocycles. The molecule has 0 bridgehead atoms. The third-order valence-electron chi connectivity index (χ3n) is 5.11. The molecule has 5 heteroatoms. The number of rotatable bonds is 8. The van der Waals surface area contributed by atoms with E-state index in [-0.39, 0.29) is 18.4 Å². The van der Waals surface area contributed by atoms with Crippen LogP contribution in [0.3, 0.4) is 0 Å². The number of nitrogens with zero attached hydrogens (tertiary/aromatic N) is 2. The maximum atomic E-state index is 12.3. The SMILES string of the molecule is CCCCCN(CC(=O)Nc1ccc(N2CCC(C)CC2)cc1)C(C)=O. The van der Waals surface area contributed by atoms with Crippen molar-refractivity contribution >= 4 is 23.2 Å². The lowest BCUT2D eigenvalue weighted by molar-refractivity contribution is -0.132. The van der Waals surface area contributed by atoms with Crippen molar-refractivity contribution < 1.29 is 9.59 Å². The molecule has 0 aliphatic carbocycles. The summed E-state index contributed by atoms with van der Waals surface area (Å²) in [5, 5.41) is 2.90. The zero-order valence-corrected chi connectivity index (χ0v) is 16.5. The van der Waals surface area contributed by atoms with Gasteiger partial charge >= 0.3 is 0 Å². The summed E-state index contributed by atoms with van der Waals surface area (Å²) in [5.41, 5.74) is 1.99. The van der Waals surface area contributed by atoms with Gasteiger partial charge in [0, 0.05) is 37.9 Å². The summed E-state index contributed by atoms with van der Waals surface area (Å²) in [5.74, 6) is 0.619. The van der Waals surface area contributed by atoms with Crippen molar-refractivity contribution in [2.75, 3.05) is 36.4 Å². The minimum atomic E-state index is -0.142. The van der Waals surface area contributed by atoms with Gasteiger partial charge in [-0.05, 0) is 49.4 Å². The van der Waals surface area contributed by atoms with Gasteiger partial charge in [0.05, 0.1) is 6.54 Å². The van der Waals surface area contributed by atoms with Gasteiger partial charge in [-0.1, -0.05) is 26.7 Å². The van der Waals surface area contributed by atoms with Crippen LogP contribution in [0.1, 0.15) is 52.9 Å². The number of nitrogens with one attached hydrogen (secondary N) is 1. The monoisotopic (exact) mass is 359 g/mol. The summed E-state index contributed by atoms with van der Waals surface area (Å²) in [4.78, 5) is 28.0. The van der Waals surface area contributed by atoms with E-state index >= 15 is 0 Å². The highest BCUT2D eigenvalue weighted by molar-refractivity contribution is 5.94. The van der Waals surface area contributed by atoms with Crippen molar-refractivity contribution in [3.05, 3.63) is 24.3 Å². The van der Waals surface area contributed by atoms with Crippen molar-refractivity contribution in [3.8, 4) is 0 Å². The number of benzene rings is 1. The molecule has 1 aliphatic heterocycles. The molecule has 0 radical (unpaired) electrons. The van der Waals surface area contributed by atoms with Crippen LogP contribution in [-0.4, -0.2) is 42.9 Å². The molecule has 0 unspecified atom stereocenters. The average Bonchev–Trinajstić information content (AvgIpc) is 2.62. The second-order valence-corrected chi connectivity index (χ2v) is 7.41. The minimum absolute atomic E-state index is 0.0501. The van der Waals surface area contributed by atoms with E-state index in [9.17, 15) is 9.59 Å². The lowest BCUT2D eigenvalue weighted by Gasteiger charge is -2.32. The Morgan fingerprint density at radius 1 is 1.15 bits per heavy atom. The number of hydrogen-bond acceptors (Lipinski definition) is 3. The molecule has 1 aromatic carbocycles. The molecular weight excluding hydrogens is 326 g/mol. The van der Waals surface area contributed by atoms with Crippen LogP contribution < -0.4 is 10.2 Å². The van der Waals surface area contributed by atoms with Crippen LogP contribution in [0.15, 0.2) is 24.3 Å². The van der Waals surface area contributed by atoms with Crippen molar-refractivity contribution in [3.63, 3.8) is 0 Å². The Balaban J connectivity index is 1.85. The van der Waals surface area contributed by atoms with Gasteiger partial charge in [0.1, 0.15) is 0 Å². The number of carbonyl (C=O) groups is 2. The second kappa shape index (κ2) is 10.2. The Hall–Kier alpha value is -2.04. The third kappa shape index (κ3) is 6.36. The first-order valence-electron chi connectivity index (χ1n) is 9.90. The van der Waals surface area contributed by atoms with E-state index in [4.69, 9.17) is 0 Å². The highest BCUT2D eigenvalue weighted by atomic mass is 16.2. The Labute approximate surface area is 157 Å². The smallest absolute Gasteiger partial charge is 0.243 e. The van der Waals surface area contributed by atoms with E-state index in [1.165, 1.54) is 25.5 Å². The highest BCUT2D eigenvalue weighted by Gasteiger charge is 2.16. The molecule has 1 fully saturated rings. The maximum absolute atomic E-state index is 12.3. The minimum Gasteiger partial charge on any atom is -0.372 e. The molecule has 0 spiro atoms. The Morgan fingerprint density at radius 3 is 2.38 bits per heavy atom. The van der Waals surface area contributed by atoms with Crippen molar-refractivity contribution in [2.24, 2.45) is 5.92 Å². The molecule has 1 heterocycles. The van der Waals surface area contributed by atoms with Gasteiger partial charge in [0.2, 0.25) is 11.8 Å². The van der Waals surface area contributed by atoms with Crippen LogP contribution in [0, 0.1) is 5.92 Å². The van der Waals surface area contributed by atoms with E-state index in [0.29, 0.717) is 6.54 Å². The largest absolute Gasteiger partial charge is 0.372 e. The zero-order valence-electron chi connectivity index (χ0n) is 16.5. The first-order chi connectivity index (χ1) is 12.5. The fraction of sp³-hybridized carbons (Fsp3) is 0.619. The quantitative estimate of drug-likeness (QED) is 0.716. The van der Waals surface area contributed by atoms with Gasteiger partial charge in [0.15, 0.2) is 0 Å². The van der Waals surface area contributed by atoms with Crippen LogP contribution in [0.5, 0.6) is 0 Å². The summed E-state index contributed by atoms with van der Waals surface area (Å²) in [7, 11) is 0. The molecule has 1 aliphatic rings. The second-order valence-electron chi connectivity index (χ2n) is 7.41. The highest BCUT2D eigenvalue weighted by Crippen LogP contribution is 2.24. The molecule has 0 atom stereocenters. The molecular formula is C21H33N3O2. The van der Waals surface area contributed by atoms with Crippen LogP contribution in [0.25, 0.3) is 0 Å². The number of carbonyl (C=O) groups excluding carboxylic acids is 2. The summed E-state index contributed by atoms with van der Waals surface area (Å²) >= 11 is 0. The molecule has 1 aromatic rings. The standard InChI is InChI=1S/C21H33N3O2/c1-4-5-6-13-24(18(3)25)16-21(26)22-19-7-9-20(10-8-19)23-14-11-17(2)12-15-23/h7-10,17H,4-6,11-16H2,1-3H3,(H,22,26). The number of piperidine rings is 1. The first-order valence-corrected chi connectivity index (χ1v) is 9.90. The maximum Gasteiger partial charge on any atom is 0.243 e. The third-order valence-corrected chi connectivity index (χ3v) is 5.11. The molecule has 2 amide bonds. The van der Waals surface area contributed by atoms with Gasteiger partial charge in [-0.2, -0.15) is 0 Å². The predicted molar refractivity (Wildman–Crippen MR) is 107 cm³/mol. The van der Waals surface area contributed by atoms with E-state index in [2.05, 4.69) is 36.2 Å². The number of hydrogen-bond donors (Lipinski definition) is 1. The van der Waals surface area contributed by atoms with Crippen molar-refractivity contribution in [1.29, 1.82) is 0 Å². The molecule has 2 rings (SSSR count). The molecule has 5 nitrogen and oxygen atoms in total. The molecule has 0 saturated carbocycles. The van der Waals surface area contributed by atoms with E-state index < -0.39 is 0 Å². The molecule has 1 N–H and O–H groups in total. The Morgan fingerprint density at radius 2 is 1.81 bits per heavy atom. The lowest BCUT2D eigenvalue weighted by Crippen LogP contribution is -2.37. The van der Waals surface area contributed by atoms with Crippen LogP contribution in [-0.2, 0) is 9.59 Å². The topological polar surface area (TPSA) is 52.7 Å². The Bertz CT molecular complexity index is 577. The van der Waals surface area contributed by atoms with E-state index in [0.717, 1.165) is 44.0 Å². The van der Waals surface area contributed by atoms with Gasteiger partial charge in [-0.25, -0.2) is 0 Å². The average molecular weight is 360 g/mol. The van der Waals surface area contributed by atoms with Crippen LogP contribution in [0.4, 0.5) is 11.4 Å². The van der Waals surface area contributed by atoms with Gasteiger partial charge in [-0.3, -0.25) is 9.59 Å². The summed E-state index contributed by atoms with van der Waals surface area (Å²) in [6.45, 7) is 8.90. The summed E-state index contributed by atoms with van der Waals surface area (Å²) in [6, 6.07) is 8.02. The summed E-state index contributed by atoms with van der Waals surface area (Å²) < 4.78 is 0. The number of anilines is 2. The van der Waals surface area contributed by atoms with Crippen molar-refractivity contribution in [1.82, 2.24) is 4.90 Å². The van der Waals surface area contributed by atoms with E-state index in [1.54, 1.807) is 4.90 Å². The van der Waals surface area contributed by atoms with Crippen molar-refractivity contribution in [2.45, 2.75) is 52.9 Å². The molecule has 0 aromatic heterocycles. The first kappa shape index (κ1) is 20.3. The fourth-order valence-corrected chi connectivity index (χ4v) is 3.30. The van der Waals surface area contributed by atoms with Gasteiger partial charge in [-0.15, -0.1) is 0 Å². The van der Waals surface area contributed by atoms with E-state index in [1.807, 2.05) is 12.1 Å². The van der Waals surface area contributed by atoms with Crippen LogP contribution in [0.2, 0.25) is 0 Å². The van der Waals surface area contributed by atoms with Gasteiger partial charge < -0.3 is 15.1 Å². The Kier molecular flexibility index (Phi) is 7.95. The fourth-order valence-electron chi connectivity index (χ4n) is 3.30. The molecule has 144 valence electrons. The normalized spacial score (nSPS) is 15.0. The predicted octanol–water partition coefficient (Wildman–Crippen LogP) is 3.90. The van der Waals surface area contributed by atoms with Gasteiger partial charge in [0.25, 0.3) is 0 Å². The zero-order chi connectivity index (χ0) is 18.9. The van der Waals surface area contributed by atoms with Crippen LogP contribution >= 0.6 is 0 Å². The lowest BCUT2D eigenvalue weighted by atomic mass is 9.99. The number of unbranched alkanes of at least 4 members (excludes halogenated alkanes) is 2. The summed E-state index contributed by atoms with van der Waals surface area (Å²) in [6.07, 6.45) is 5.57.